The van der Waals surface area contributed by atoms with Crippen LogP contribution in [0.1, 0.15) is 173 Å². The lowest BCUT2D eigenvalue weighted by atomic mass is 9.81. The normalized spacial score (nSPS) is 14.3. The van der Waals surface area contributed by atoms with Crippen molar-refractivity contribution in [2.24, 2.45) is 11.8 Å². The molecule has 7 amide bonds. The molecule has 1 fully saturated rings. The van der Waals surface area contributed by atoms with Crippen LogP contribution in [0.15, 0.2) is 0 Å². The van der Waals surface area contributed by atoms with Crippen molar-refractivity contribution in [1.29, 1.82) is 0 Å². The highest BCUT2D eigenvalue weighted by molar-refractivity contribution is 7.78. The Bertz CT molecular complexity index is 2010. The van der Waals surface area contributed by atoms with Crippen LogP contribution in [-0.4, -0.2) is 232 Å². The Morgan fingerprint density at radius 2 is 0.688 bits per heavy atom. The first-order chi connectivity index (χ1) is 45.1. The van der Waals surface area contributed by atoms with Crippen molar-refractivity contribution in [1.82, 2.24) is 41.9 Å². The summed E-state index contributed by atoms with van der Waals surface area (Å²) in [4.78, 5) is 119. The Morgan fingerprint density at radius 1 is 0.344 bits per heavy atom. The highest BCUT2D eigenvalue weighted by atomic mass is 32.1. The molecule has 29 nitrogen and oxygen atoms in total. The Labute approximate surface area is 555 Å². The molecular weight excluding hydrogens is 1240 g/mol. The maximum absolute atomic E-state index is 13.0. The molecule has 11 N–H and O–H groups in total. The lowest BCUT2D eigenvalue weighted by Crippen LogP contribution is -2.45. The van der Waals surface area contributed by atoms with Gasteiger partial charge in [0.2, 0.25) is 41.4 Å². The molecule has 0 aliphatic heterocycles. The second-order valence-corrected chi connectivity index (χ2v) is 23.2. The fourth-order valence-corrected chi connectivity index (χ4v) is 9.90. The predicted octanol–water partition coefficient (Wildman–Crippen LogP) is 3.14. The molecular formula is C63H114N8O21S. The number of thiol groups is 1. The van der Waals surface area contributed by atoms with Gasteiger partial charge in [0.25, 0.3) is 0 Å². The molecule has 1 rings (SSSR count). The maximum Gasteiger partial charge on any atom is 0.326 e. The summed E-state index contributed by atoms with van der Waals surface area (Å²) >= 11 is 3.78. The minimum Gasteiger partial charge on any atom is -0.481 e. The van der Waals surface area contributed by atoms with E-state index in [1.54, 1.807) is 0 Å². The highest BCUT2D eigenvalue weighted by Crippen LogP contribution is 2.29. The minimum absolute atomic E-state index is 0.0594. The number of hydrogen-bond donors (Lipinski definition) is 12. The predicted molar refractivity (Wildman–Crippen MR) is 347 cm³/mol. The maximum atomic E-state index is 13.0. The SMILES string of the molecule is O=C(O)CCCCCCCCCCCCCCCCCCC(=O)NC[C@H]1CC[C@H](C(=O)N[C@@H](CCC(=O)NCCOCCOCC(=O)NCCOCCOCC(=O)NCCOCCOCC(=O)NCCOCCOCC(=O)NCCCC[C@H](NS)C(=O)O)C(=O)O)CC1. The van der Waals surface area contributed by atoms with Crippen LogP contribution in [0.2, 0.25) is 0 Å². The van der Waals surface area contributed by atoms with E-state index in [-0.39, 0.29) is 204 Å². The van der Waals surface area contributed by atoms with Crippen molar-refractivity contribution < 1.29 is 101 Å². The molecule has 0 aromatic heterocycles. The van der Waals surface area contributed by atoms with Gasteiger partial charge >= 0.3 is 17.9 Å². The molecule has 0 aromatic rings. The molecule has 0 heterocycles. The van der Waals surface area contributed by atoms with E-state index in [9.17, 15) is 53.1 Å². The number of hydrogen-bond acceptors (Lipinski definition) is 20. The first-order valence-electron chi connectivity index (χ1n) is 33.7. The van der Waals surface area contributed by atoms with Crippen molar-refractivity contribution >= 4 is 72.1 Å². The molecule has 2 atom stereocenters. The summed E-state index contributed by atoms with van der Waals surface area (Å²) in [7, 11) is 0. The standard InChI is InChI=1S/C63H114N8O21S/c72-54(20-15-13-11-9-7-5-3-1-2-4-6-8-10-12-14-16-21-60(78)79)69-45-50-22-24-51(25-23-50)61(80)70-52(62(81)82)26-27-55(73)65-29-33-85-37-42-90-47-57(75)67-31-35-87-39-44-92-49-59(77)68-32-36-88-40-43-91-48-58(76)66-30-34-86-38-41-89-46-56(74)64-28-18-17-19-53(71-93)63(83)84/h50-53,71,93H,1-49H2,(H,64,74)(H,65,73)(H,66,76)(H,67,75)(H,68,77)(H,69,72)(H,70,80)(H,78,79)(H,81,82)(H,83,84)/t50-,51-,52-,53-/m0/s1. The number of carbonyl (C=O) groups is 10. The van der Waals surface area contributed by atoms with E-state index in [4.69, 9.17) is 48.1 Å². The lowest BCUT2D eigenvalue weighted by Gasteiger charge is -2.28. The zero-order chi connectivity index (χ0) is 68.0. The van der Waals surface area contributed by atoms with Crippen LogP contribution < -0.4 is 41.9 Å². The fraction of sp³-hybridized carbons (Fsp3) is 0.841. The van der Waals surface area contributed by atoms with Gasteiger partial charge in [-0.15, -0.1) is 0 Å². The van der Waals surface area contributed by atoms with E-state index < -0.39 is 30.0 Å². The summed E-state index contributed by atoms with van der Waals surface area (Å²) in [6.07, 6.45) is 23.5. The number of unbranched alkanes of at least 4 members (excludes halogenated alkanes) is 16. The summed E-state index contributed by atoms with van der Waals surface area (Å²) in [5.74, 6) is -4.92. The summed E-state index contributed by atoms with van der Waals surface area (Å²) in [6.45, 7) is 3.52. The quantitative estimate of drug-likeness (QED) is 0.0307. The van der Waals surface area contributed by atoms with Gasteiger partial charge in [-0.05, 0) is 70.1 Å². The third-order valence-corrected chi connectivity index (χ3v) is 15.3. The summed E-state index contributed by atoms with van der Waals surface area (Å²) in [5, 5.41) is 46.4. The number of rotatable bonds is 66. The van der Waals surface area contributed by atoms with Gasteiger partial charge in [-0.3, -0.25) is 47.9 Å². The van der Waals surface area contributed by atoms with E-state index in [1.807, 2.05) is 0 Å². The van der Waals surface area contributed by atoms with E-state index in [0.717, 1.165) is 51.4 Å². The third kappa shape index (κ3) is 55.7. The fourth-order valence-electron chi connectivity index (χ4n) is 9.66. The molecule has 1 saturated carbocycles. The summed E-state index contributed by atoms with van der Waals surface area (Å²) in [6, 6.07) is -1.94. The zero-order valence-electron chi connectivity index (χ0n) is 55.1. The highest BCUT2D eigenvalue weighted by Gasteiger charge is 2.30. The second kappa shape index (κ2) is 61.6. The van der Waals surface area contributed by atoms with Crippen LogP contribution in [-0.2, 0) is 85.8 Å². The van der Waals surface area contributed by atoms with Crippen molar-refractivity contribution in [3.05, 3.63) is 0 Å². The number of ether oxygens (including phenoxy) is 8. The van der Waals surface area contributed by atoms with Gasteiger partial charge in [0.05, 0.1) is 79.3 Å². The Morgan fingerprint density at radius 3 is 1.06 bits per heavy atom. The van der Waals surface area contributed by atoms with Crippen LogP contribution in [0.25, 0.3) is 0 Å². The Balaban J connectivity index is 1.90. The van der Waals surface area contributed by atoms with E-state index in [0.29, 0.717) is 51.6 Å². The van der Waals surface area contributed by atoms with E-state index in [1.165, 1.54) is 64.2 Å². The van der Waals surface area contributed by atoms with Crippen molar-refractivity contribution in [3.63, 3.8) is 0 Å². The molecule has 1 aliphatic rings. The second-order valence-electron chi connectivity index (χ2n) is 22.9. The minimum atomic E-state index is -1.21. The summed E-state index contributed by atoms with van der Waals surface area (Å²) in [5.41, 5.74) is 0. The van der Waals surface area contributed by atoms with E-state index >= 15 is 0 Å². The molecule has 0 spiro atoms. The van der Waals surface area contributed by atoms with Gasteiger partial charge in [0.15, 0.2) is 0 Å². The topological polar surface area (TPSA) is 401 Å². The van der Waals surface area contributed by atoms with Gasteiger partial charge in [-0.2, -0.15) is 0 Å². The zero-order valence-corrected chi connectivity index (χ0v) is 56.0. The van der Waals surface area contributed by atoms with Gasteiger partial charge in [0, 0.05) is 64.4 Å². The van der Waals surface area contributed by atoms with Crippen molar-refractivity contribution in [3.8, 4) is 0 Å². The van der Waals surface area contributed by atoms with Gasteiger partial charge < -0.3 is 90.4 Å². The van der Waals surface area contributed by atoms with Crippen molar-refractivity contribution in [2.75, 3.05) is 145 Å². The van der Waals surface area contributed by atoms with E-state index in [2.05, 4.69) is 54.8 Å². The molecule has 30 heteroatoms. The molecule has 0 radical (unpaired) electrons. The third-order valence-electron chi connectivity index (χ3n) is 15.0. The molecule has 93 heavy (non-hydrogen) atoms. The number of aliphatic carboxylic acids is 3. The van der Waals surface area contributed by atoms with Crippen LogP contribution in [0.5, 0.6) is 0 Å². The molecule has 1 aliphatic carbocycles. The first kappa shape index (κ1) is 85.7. The summed E-state index contributed by atoms with van der Waals surface area (Å²) < 4.78 is 45.2. The average Bonchev–Trinajstić information content (AvgIpc) is 2.47. The number of carboxylic acids is 3. The molecule has 538 valence electrons. The average molecular weight is 1350 g/mol. The van der Waals surface area contributed by atoms with Crippen LogP contribution >= 0.6 is 12.8 Å². The van der Waals surface area contributed by atoms with Gasteiger partial charge in [-0.1, -0.05) is 103 Å². The van der Waals surface area contributed by atoms with Gasteiger partial charge in [0.1, 0.15) is 38.5 Å². The monoisotopic (exact) mass is 1350 g/mol. The van der Waals surface area contributed by atoms with Crippen molar-refractivity contribution in [2.45, 2.75) is 185 Å². The number of carboxylic acid groups (broad SMARTS) is 3. The van der Waals surface area contributed by atoms with Gasteiger partial charge in [-0.25, -0.2) is 4.79 Å². The number of amides is 7. The Hall–Kier alpha value is -5.31. The Kier molecular flexibility index (Phi) is 56.7. The lowest BCUT2D eigenvalue weighted by molar-refractivity contribution is -0.143. The molecule has 0 bridgehead atoms. The molecule has 0 saturated heterocycles. The van der Waals surface area contributed by atoms with Crippen LogP contribution in [0.4, 0.5) is 0 Å². The first-order valence-corrected chi connectivity index (χ1v) is 34.1. The largest absolute Gasteiger partial charge is 0.481 e. The smallest absolute Gasteiger partial charge is 0.326 e. The van der Waals surface area contributed by atoms with Crippen LogP contribution in [0, 0.1) is 11.8 Å². The number of nitrogens with one attached hydrogen (secondary N) is 8. The molecule has 0 aromatic carbocycles. The molecule has 0 unspecified atom stereocenters. The van der Waals surface area contributed by atoms with Crippen LogP contribution in [0.3, 0.4) is 0 Å². The number of carbonyl (C=O) groups excluding carboxylic acids is 7.